The number of carbonyl (C=O) groups is 1. The van der Waals surface area contributed by atoms with Crippen LogP contribution in [0.3, 0.4) is 0 Å². The molecular weight excluding hydrogens is 589 g/mol. The molecule has 0 aliphatic carbocycles. The molecule has 2 atom stereocenters. The minimum atomic E-state index is -4.24. The fourth-order valence-corrected chi connectivity index (χ4v) is 5.91. The maximum absolute atomic E-state index is 12.0. The van der Waals surface area contributed by atoms with Crippen molar-refractivity contribution in [3.05, 3.63) is 12.2 Å². The third kappa shape index (κ3) is 34.4. The zero-order valence-corrected chi connectivity index (χ0v) is 30.3. The highest BCUT2D eigenvalue weighted by molar-refractivity contribution is 7.47. The molecule has 0 fully saturated rings. The number of allylic oxidation sites excluding steroid dienone is 2. The molecule has 0 aromatic carbocycles. The van der Waals surface area contributed by atoms with Crippen molar-refractivity contribution in [2.45, 2.75) is 180 Å². The number of hydrogen-bond acceptors (Lipinski definition) is 7. The van der Waals surface area contributed by atoms with Gasteiger partial charge >= 0.3 is 13.8 Å². The van der Waals surface area contributed by atoms with Crippen LogP contribution in [0.5, 0.6) is 0 Å². The van der Waals surface area contributed by atoms with Gasteiger partial charge in [-0.25, -0.2) is 4.57 Å². The van der Waals surface area contributed by atoms with Gasteiger partial charge in [-0.2, -0.15) is 0 Å². The van der Waals surface area contributed by atoms with E-state index in [0.29, 0.717) is 13.0 Å². The number of nitrogens with two attached hydrogens (primary N) is 1. The Morgan fingerprint density at radius 2 is 1.11 bits per heavy atom. The molecule has 268 valence electrons. The fraction of sp³-hybridized carbons (Fsp3) is 0.917. The van der Waals surface area contributed by atoms with Gasteiger partial charge in [-0.1, -0.05) is 142 Å². The first-order valence-electron chi connectivity index (χ1n) is 18.7. The second kappa shape index (κ2) is 34.6. The summed E-state index contributed by atoms with van der Waals surface area (Å²) in [5, 5.41) is 0. The molecule has 0 heterocycles. The molecule has 9 heteroatoms. The number of rotatable bonds is 36. The van der Waals surface area contributed by atoms with Crippen molar-refractivity contribution in [3.63, 3.8) is 0 Å². The van der Waals surface area contributed by atoms with Crippen molar-refractivity contribution < 1.29 is 32.8 Å². The summed E-state index contributed by atoms with van der Waals surface area (Å²) in [5.41, 5.74) is 5.30. The van der Waals surface area contributed by atoms with Gasteiger partial charge in [-0.3, -0.25) is 13.8 Å². The number of phosphoric ester groups is 1. The average Bonchev–Trinajstić information content (AvgIpc) is 3.03. The van der Waals surface area contributed by atoms with Crippen molar-refractivity contribution in [2.75, 3.05) is 33.0 Å². The van der Waals surface area contributed by atoms with E-state index in [-0.39, 0.29) is 32.3 Å². The highest BCUT2D eigenvalue weighted by Gasteiger charge is 2.25. The normalized spacial score (nSPS) is 13.8. The van der Waals surface area contributed by atoms with E-state index in [1.54, 1.807) is 0 Å². The van der Waals surface area contributed by atoms with Gasteiger partial charge in [-0.05, 0) is 38.5 Å². The van der Waals surface area contributed by atoms with Gasteiger partial charge in [0.1, 0.15) is 6.10 Å². The van der Waals surface area contributed by atoms with E-state index in [1.807, 2.05) is 6.92 Å². The molecule has 8 nitrogen and oxygen atoms in total. The third-order valence-electron chi connectivity index (χ3n) is 7.93. The van der Waals surface area contributed by atoms with Gasteiger partial charge in [0.15, 0.2) is 0 Å². The van der Waals surface area contributed by atoms with Crippen molar-refractivity contribution in [1.82, 2.24) is 0 Å². The predicted molar refractivity (Wildman–Crippen MR) is 187 cm³/mol. The summed E-state index contributed by atoms with van der Waals surface area (Å²) in [6.07, 6.45) is 34.9. The minimum Gasteiger partial charge on any atom is -0.457 e. The van der Waals surface area contributed by atoms with E-state index in [0.717, 1.165) is 25.7 Å². The standard InChI is InChI=1S/C36H72NO7P/c1-3-5-7-8-9-10-11-12-13-14-15-16-17-18-19-20-21-22-23-24-25-26-27-28-31-41-33-35(44-36(38)29-6-4-2)34-43-45(39,40)42-32-30-37/h14-15,35H,3-13,16-34,37H2,1-2H3,(H,39,40)/b15-14-. The van der Waals surface area contributed by atoms with Crippen LogP contribution in [0.25, 0.3) is 0 Å². The lowest BCUT2D eigenvalue weighted by Crippen LogP contribution is -2.28. The molecule has 0 aromatic heterocycles. The average molecular weight is 662 g/mol. The molecule has 3 N–H and O–H groups in total. The summed E-state index contributed by atoms with van der Waals surface area (Å²) >= 11 is 0. The van der Waals surface area contributed by atoms with Crippen LogP contribution in [0, 0.1) is 0 Å². The van der Waals surface area contributed by atoms with Gasteiger partial charge < -0.3 is 20.1 Å². The van der Waals surface area contributed by atoms with Crippen molar-refractivity contribution in [3.8, 4) is 0 Å². The van der Waals surface area contributed by atoms with Crippen molar-refractivity contribution >= 4 is 13.8 Å². The zero-order chi connectivity index (χ0) is 33.1. The Labute approximate surface area is 277 Å². The van der Waals surface area contributed by atoms with E-state index in [9.17, 15) is 14.3 Å². The van der Waals surface area contributed by atoms with Crippen LogP contribution in [0.4, 0.5) is 0 Å². The first-order chi connectivity index (χ1) is 21.9. The molecule has 2 unspecified atom stereocenters. The minimum absolute atomic E-state index is 0.0943. The van der Waals surface area contributed by atoms with Gasteiger partial charge in [0.25, 0.3) is 0 Å². The second-order valence-corrected chi connectivity index (χ2v) is 13.9. The summed E-state index contributed by atoms with van der Waals surface area (Å²) in [7, 11) is -4.24. The number of esters is 1. The van der Waals surface area contributed by atoms with Crippen molar-refractivity contribution in [1.29, 1.82) is 0 Å². The van der Waals surface area contributed by atoms with Crippen LogP contribution in [0.15, 0.2) is 12.2 Å². The van der Waals surface area contributed by atoms with Crippen LogP contribution >= 0.6 is 7.82 Å². The summed E-state index contributed by atoms with van der Waals surface area (Å²) in [6.45, 7) is 4.68. The maximum Gasteiger partial charge on any atom is 0.472 e. The van der Waals surface area contributed by atoms with Gasteiger partial charge in [0.05, 0.1) is 19.8 Å². The summed E-state index contributed by atoms with van der Waals surface area (Å²) < 4.78 is 32.7. The Morgan fingerprint density at radius 3 is 1.60 bits per heavy atom. The Balaban J connectivity index is 3.63. The predicted octanol–water partition coefficient (Wildman–Crippen LogP) is 10.4. The van der Waals surface area contributed by atoms with E-state index in [1.165, 1.54) is 128 Å². The lowest BCUT2D eigenvalue weighted by molar-refractivity contribution is -0.154. The Kier molecular flexibility index (Phi) is 34.0. The molecule has 0 aliphatic heterocycles. The zero-order valence-electron chi connectivity index (χ0n) is 29.4. The monoisotopic (exact) mass is 662 g/mol. The summed E-state index contributed by atoms with van der Waals surface area (Å²) in [5.74, 6) is -0.364. The van der Waals surface area contributed by atoms with Gasteiger partial charge in [0.2, 0.25) is 0 Å². The Hall–Kier alpha value is -0.760. The first kappa shape index (κ1) is 44.2. The molecule has 0 radical (unpaired) electrons. The highest BCUT2D eigenvalue weighted by atomic mass is 31.2. The van der Waals surface area contributed by atoms with E-state index in [2.05, 4.69) is 19.1 Å². The van der Waals surface area contributed by atoms with Crippen LogP contribution in [-0.4, -0.2) is 49.9 Å². The maximum atomic E-state index is 12.0. The molecular formula is C36H72NO7P. The van der Waals surface area contributed by atoms with Crippen molar-refractivity contribution in [2.24, 2.45) is 5.73 Å². The SMILES string of the molecule is CCCCCCCCCC/C=C\CCCCCCCCCCCCCCOCC(COP(=O)(O)OCCN)OC(=O)CCCC. The summed E-state index contributed by atoms with van der Waals surface area (Å²) in [6, 6.07) is 0. The first-order valence-corrected chi connectivity index (χ1v) is 20.2. The molecule has 45 heavy (non-hydrogen) atoms. The second-order valence-electron chi connectivity index (χ2n) is 12.4. The molecule has 0 rings (SSSR count). The number of carbonyl (C=O) groups excluding carboxylic acids is 1. The summed E-state index contributed by atoms with van der Waals surface area (Å²) in [4.78, 5) is 21.8. The van der Waals surface area contributed by atoms with E-state index >= 15 is 0 Å². The molecule has 0 aliphatic rings. The quantitative estimate of drug-likeness (QED) is 0.0295. The van der Waals surface area contributed by atoms with Crippen LogP contribution in [0.2, 0.25) is 0 Å². The topological polar surface area (TPSA) is 117 Å². The molecule has 0 spiro atoms. The van der Waals surface area contributed by atoms with Gasteiger partial charge in [-0.15, -0.1) is 0 Å². The largest absolute Gasteiger partial charge is 0.472 e. The van der Waals surface area contributed by atoms with E-state index in [4.69, 9.17) is 24.3 Å². The smallest absolute Gasteiger partial charge is 0.457 e. The molecule has 0 aromatic rings. The molecule has 0 saturated carbocycles. The lowest BCUT2D eigenvalue weighted by atomic mass is 10.0. The molecule has 0 saturated heterocycles. The lowest BCUT2D eigenvalue weighted by Gasteiger charge is -2.20. The van der Waals surface area contributed by atoms with E-state index < -0.39 is 13.9 Å². The van der Waals surface area contributed by atoms with Crippen LogP contribution in [0.1, 0.15) is 174 Å². The number of phosphoric acid groups is 1. The number of ether oxygens (including phenoxy) is 2. The fourth-order valence-electron chi connectivity index (χ4n) is 5.15. The number of unbranched alkanes of at least 4 members (excludes halogenated alkanes) is 21. The van der Waals surface area contributed by atoms with Crippen LogP contribution in [-0.2, 0) is 27.9 Å². The Bertz CT molecular complexity index is 707. The Morgan fingerprint density at radius 1 is 0.644 bits per heavy atom. The van der Waals surface area contributed by atoms with Gasteiger partial charge in [0, 0.05) is 19.6 Å². The third-order valence-corrected chi connectivity index (χ3v) is 8.92. The molecule has 0 amide bonds. The highest BCUT2D eigenvalue weighted by Crippen LogP contribution is 2.43. The number of hydrogen-bond donors (Lipinski definition) is 2. The molecule has 0 bridgehead atoms. The van der Waals surface area contributed by atoms with Crippen LogP contribution < -0.4 is 5.73 Å².